The summed E-state index contributed by atoms with van der Waals surface area (Å²) in [7, 11) is -2.91. The summed E-state index contributed by atoms with van der Waals surface area (Å²) in [6, 6.07) is 5.85. The molecule has 0 radical (unpaired) electrons. The molecular formula is C11H16N2O2S. The summed E-state index contributed by atoms with van der Waals surface area (Å²) in [6.07, 6.45) is 2.21. The molecule has 0 saturated carbocycles. The van der Waals surface area contributed by atoms with Crippen molar-refractivity contribution < 1.29 is 8.42 Å². The molecule has 0 amide bonds. The van der Waals surface area contributed by atoms with Gasteiger partial charge in [-0.05, 0) is 18.1 Å². The van der Waals surface area contributed by atoms with E-state index in [1.165, 1.54) is 11.8 Å². The second-order valence-electron chi connectivity index (χ2n) is 4.22. The van der Waals surface area contributed by atoms with E-state index in [0.29, 0.717) is 6.54 Å². The van der Waals surface area contributed by atoms with Gasteiger partial charge in [0.05, 0.1) is 17.1 Å². The van der Waals surface area contributed by atoms with Crippen LogP contribution in [0.5, 0.6) is 0 Å². The van der Waals surface area contributed by atoms with E-state index >= 15 is 0 Å². The largest absolute Gasteiger partial charge is 0.397 e. The van der Waals surface area contributed by atoms with Crippen molar-refractivity contribution in [1.82, 2.24) is 0 Å². The maximum Gasteiger partial charge on any atom is 0.149 e. The highest BCUT2D eigenvalue weighted by atomic mass is 32.2. The molecule has 1 aromatic carbocycles. The van der Waals surface area contributed by atoms with Crippen LogP contribution in [-0.4, -0.2) is 33.5 Å². The number of nitrogen functional groups attached to an aromatic ring is 1. The Labute approximate surface area is 96.0 Å². The highest BCUT2D eigenvalue weighted by molar-refractivity contribution is 7.90. The maximum atomic E-state index is 11.1. The van der Waals surface area contributed by atoms with E-state index in [0.717, 1.165) is 24.3 Å². The van der Waals surface area contributed by atoms with Gasteiger partial charge in [0.25, 0.3) is 0 Å². The Balaban J connectivity index is 2.18. The SMILES string of the molecule is CS(=O)(=O)CCN1CCc2cccc(N)c21. The van der Waals surface area contributed by atoms with Crippen molar-refractivity contribution in [3.8, 4) is 0 Å². The molecule has 0 aromatic heterocycles. The molecule has 0 atom stereocenters. The molecule has 0 unspecified atom stereocenters. The fraction of sp³-hybridized carbons (Fsp3) is 0.455. The van der Waals surface area contributed by atoms with Crippen LogP contribution in [0.4, 0.5) is 11.4 Å². The van der Waals surface area contributed by atoms with Crippen LogP contribution >= 0.6 is 0 Å². The van der Waals surface area contributed by atoms with E-state index in [2.05, 4.69) is 4.90 Å². The van der Waals surface area contributed by atoms with Gasteiger partial charge in [-0.15, -0.1) is 0 Å². The quantitative estimate of drug-likeness (QED) is 0.789. The third-order valence-electron chi connectivity index (χ3n) is 2.85. The number of benzene rings is 1. The van der Waals surface area contributed by atoms with Crippen LogP contribution in [0.25, 0.3) is 0 Å². The van der Waals surface area contributed by atoms with Gasteiger partial charge >= 0.3 is 0 Å². The minimum Gasteiger partial charge on any atom is -0.397 e. The predicted molar refractivity (Wildman–Crippen MR) is 66.5 cm³/mol. The lowest BCUT2D eigenvalue weighted by atomic mass is 10.1. The second kappa shape index (κ2) is 3.97. The molecule has 0 saturated heterocycles. The van der Waals surface area contributed by atoms with Crippen molar-refractivity contribution in [2.45, 2.75) is 6.42 Å². The summed E-state index contributed by atoms with van der Waals surface area (Å²) in [5.74, 6) is 0.181. The molecule has 0 bridgehead atoms. The number of hydrogen-bond donors (Lipinski definition) is 1. The number of hydrogen-bond acceptors (Lipinski definition) is 4. The number of anilines is 2. The van der Waals surface area contributed by atoms with E-state index in [-0.39, 0.29) is 5.75 Å². The molecule has 5 heteroatoms. The number of fused-ring (bicyclic) bond motifs is 1. The van der Waals surface area contributed by atoms with Gasteiger partial charge in [-0.25, -0.2) is 8.42 Å². The van der Waals surface area contributed by atoms with Crippen LogP contribution in [0.3, 0.4) is 0 Å². The van der Waals surface area contributed by atoms with E-state index in [1.807, 2.05) is 18.2 Å². The van der Waals surface area contributed by atoms with Crippen molar-refractivity contribution in [1.29, 1.82) is 0 Å². The number of para-hydroxylation sites is 1. The Morgan fingerprint density at radius 2 is 2.19 bits per heavy atom. The predicted octanol–water partition coefficient (Wildman–Crippen LogP) is 0.676. The molecule has 1 heterocycles. The Hall–Kier alpha value is -1.23. The summed E-state index contributed by atoms with van der Waals surface area (Å²) in [5, 5.41) is 0. The zero-order valence-corrected chi connectivity index (χ0v) is 10.1. The van der Waals surface area contributed by atoms with Gasteiger partial charge in [-0.3, -0.25) is 0 Å². The lowest BCUT2D eigenvalue weighted by Gasteiger charge is -2.20. The summed E-state index contributed by atoms with van der Waals surface area (Å²) in [4.78, 5) is 2.06. The van der Waals surface area contributed by atoms with Crippen LogP contribution in [-0.2, 0) is 16.3 Å². The van der Waals surface area contributed by atoms with Crippen LogP contribution in [0, 0.1) is 0 Å². The van der Waals surface area contributed by atoms with Gasteiger partial charge in [-0.2, -0.15) is 0 Å². The molecule has 16 heavy (non-hydrogen) atoms. The van der Waals surface area contributed by atoms with Gasteiger partial charge in [0.2, 0.25) is 0 Å². The van der Waals surface area contributed by atoms with Crippen molar-refractivity contribution in [2.24, 2.45) is 0 Å². The van der Waals surface area contributed by atoms with Crippen molar-refractivity contribution >= 4 is 21.2 Å². The van der Waals surface area contributed by atoms with Crippen LogP contribution < -0.4 is 10.6 Å². The molecule has 1 aliphatic heterocycles. The minimum absolute atomic E-state index is 0.181. The third-order valence-corrected chi connectivity index (χ3v) is 3.77. The minimum atomic E-state index is -2.91. The Kier molecular flexibility index (Phi) is 2.80. The molecule has 88 valence electrons. The smallest absolute Gasteiger partial charge is 0.149 e. The summed E-state index contributed by atoms with van der Waals surface area (Å²) < 4.78 is 22.3. The monoisotopic (exact) mass is 240 g/mol. The molecule has 4 nitrogen and oxygen atoms in total. The van der Waals surface area contributed by atoms with E-state index in [1.54, 1.807) is 0 Å². The number of rotatable bonds is 3. The highest BCUT2D eigenvalue weighted by Crippen LogP contribution is 2.33. The summed E-state index contributed by atoms with van der Waals surface area (Å²) in [5.41, 5.74) is 8.89. The first-order chi connectivity index (χ1) is 7.47. The van der Waals surface area contributed by atoms with E-state index in [9.17, 15) is 8.42 Å². The topological polar surface area (TPSA) is 63.4 Å². The van der Waals surface area contributed by atoms with Gasteiger partial charge in [-0.1, -0.05) is 12.1 Å². The molecule has 0 aliphatic carbocycles. The first kappa shape index (κ1) is 11.3. The van der Waals surface area contributed by atoms with Crippen LogP contribution in [0.1, 0.15) is 5.56 Å². The van der Waals surface area contributed by atoms with Crippen molar-refractivity contribution in [3.05, 3.63) is 23.8 Å². The zero-order valence-electron chi connectivity index (χ0n) is 9.31. The van der Waals surface area contributed by atoms with Gasteiger partial charge in [0, 0.05) is 19.3 Å². The first-order valence-corrected chi connectivity index (χ1v) is 7.33. The summed E-state index contributed by atoms with van der Waals surface area (Å²) in [6.45, 7) is 1.39. The highest BCUT2D eigenvalue weighted by Gasteiger charge is 2.21. The van der Waals surface area contributed by atoms with E-state index < -0.39 is 9.84 Å². The lowest BCUT2D eigenvalue weighted by Crippen LogP contribution is -2.27. The second-order valence-corrected chi connectivity index (χ2v) is 6.48. The molecule has 2 N–H and O–H groups in total. The molecule has 0 spiro atoms. The fourth-order valence-electron chi connectivity index (χ4n) is 2.07. The fourth-order valence-corrected chi connectivity index (χ4v) is 2.62. The molecule has 1 aromatic rings. The molecule has 0 fully saturated rings. The van der Waals surface area contributed by atoms with Gasteiger partial charge in [0.1, 0.15) is 9.84 Å². The lowest BCUT2D eigenvalue weighted by molar-refractivity contribution is 0.600. The standard InChI is InChI=1S/C11H16N2O2S/c1-16(14,15)8-7-13-6-5-9-3-2-4-10(12)11(9)13/h2-4H,5-8,12H2,1H3. The molecule has 1 aliphatic rings. The third kappa shape index (κ3) is 2.29. The van der Waals surface area contributed by atoms with Gasteiger partial charge < -0.3 is 10.6 Å². The molecule has 2 rings (SSSR count). The Bertz CT molecular complexity index is 497. The van der Waals surface area contributed by atoms with Crippen molar-refractivity contribution in [3.63, 3.8) is 0 Å². The Morgan fingerprint density at radius 1 is 1.44 bits per heavy atom. The van der Waals surface area contributed by atoms with Crippen LogP contribution in [0.2, 0.25) is 0 Å². The first-order valence-electron chi connectivity index (χ1n) is 5.27. The number of nitrogens with zero attached hydrogens (tertiary/aromatic N) is 1. The van der Waals surface area contributed by atoms with E-state index in [4.69, 9.17) is 5.73 Å². The van der Waals surface area contributed by atoms with Crippen LogP contribution in [0.15, 0.2) is 18.2 Å². The van der Waals surface area contributed by atoms with Crippen molar-refractivity contribution in [2.75, 3.05) is 35.7 Å². The zero-order chi connectivity index (χ0) is 11.8. The number of nitrogens with two attached hydrogens (primary N) is 1. The van der Waals surface area contributed by atoms with Gasteiger partial charge in [0.15, 0.2) is 0 Å². The Morgan fingerprint density at radius 3 is 2.88 bits per heavy atom. The maximum absolute atomic E-state index is 11.1. The average molecular weight is 240 g/mol. The molecular weight excluding hydrogens is 224 g/mol. The number of sulfone groups is 1. The average Bonchev–Trinajstić information content (AvgIpc) is 2.58. The summed E-state index contributed by atoms with van der Waals surface area (Å²) >= 11 is 0. The normalized spacial score (nSPS) is 15.2.